The molecule has 0 saturated heterocycles. The van der Waals surface area contributed by atoms with E-state index in [1.54, 1.807) is 0 Å². The highest BCUT2D eigenvalue weighted by atomic mass is 16.6. The van der Waals surface area contributed by atoms with Crippen molar-refractivity contribution in [2.75, 3.05) is 13.2 Å². The van der Waals surface area contributed by atoms with Gasteiger partial charge in [-0.3, -0.25) is 0 Å². The molecule has 0 aromatic rings. The smallest absolute Gasteiger partial charge is 0.407 e. The van der Waals surface area contributed by atoms with Crippen LogP contribution in [0.25, 0.3) is 0 Å². The van der Waals surface area contributed by atoms with E-state index in [1.165, 1.54) is 0 Å². The summed E-state index contributed by atoms with van der Waals surface area (Å²) in [6, 6.07) is 0. The van der Waals surface area contributed by atoms with E-state index in [0.29, 0.717) is 26.0 Å². The zero-order chi connectivity index (χ0) is 13.8. The largest absolute Gasteiger partial charge is 0.450 e. The van der Waals surface area contributed by atoms with Crippen LogP contribution in [0.1, 0.15) is 46.0 Å². The summed E-state index contributed by atoms with van der Waals surface area (Å²) in [4.78, 5) is 21.8. The molecule has 0 fully saturated rings. The molecule has 0 aliphatic carbocycles. The zero-order valence-corrected chi connectivity index (χ0v) is 11.2. The lowest BCUT2D eigenvalue weighted by Crippen LogP contribution is -2.30. The molecule has 0 aliphatic rings. The molecule has 0 aliphatic heterocycles. The maximum Gasteiger partial charge on any atom is 0.407 e. The fourth-order valence-electron chi connectivity index (χ4n) is 1.41. The molecule has 0 rings (SSSR count). The van der Waals surface area contributed by atoms with Crippen molar-refractivity contribution in [3.05, 3.63) is 0 Å². The number of carbonyl (C=O) groups is 2. The van der Waals surface area contributed by atoms with Crippen LogP contribution in [0.4, 0.5) is 9.59 Å². The zero-order valence-electron chi connectivity index (χ0n) is 11.2. The molecular formula is C12H24N2O4. The van der Waals surface area contributed by atoms with Gasteiger partial charge in [0.2, 0.25) is 0 Å². The summed E-state index contributed by atoms with van der Waals surface area (Å²) >= 11 is 0. The van der Waals surface area contributed by atoms with Crippen LogP contribution in [0.2, 0.25) is 0 Å². The molecule has 2 amide bonds. The fraction of sp³-hybridized carbons (Fsp3) is 0.833. The number of unbranched alkanes of at least 4 members (excludes halogenated alkanes) is 2. The first-order chi connectivity index (χ1) is 8.60. The van der Waals surface area contributed by atoms with Crippen molar-refractivity contribution in [1.82, 2.24) is 5.32 Å². The van der Waals surface area contributed by atoms with E-state index in [4.69, 9.17) is 15.2 Å². The second kappa shape index (κ2) is 10.7. The van der Waals surface area contributed by atoms with Crippen LogP contribution in [0.3, 0.4) is 0 Å². The number of amides is 2. The molecule has 0 radical (unpaired) electrons. The molecule has 0 spiro atoms. The third-order valence-corrected chi connectivity index (χ3v) is 2.45. The summed E-state index contributed by atoms with van der Waals surface area (Å²) in [5.74, 6) is 0. The predicted molar refractivity (Wildman–Crippen MR) is 68.2 cm³/mol. The molecule has 106 valence electrons. The molecule has 1 unspecified atom stereocenters. The number of carbonyl (C=O) groups excluding carboxylic acids is 2. The molecule has 18 heavy (non-hydrogen) atoms. The van der Waals surface area contributed by atoms with Crippen molar-refractivity contribution >= 4 is 12.2 Å². The summed E-state index contributed by atoms with van der Waals surface area (Å²) < 4.78 is 9.80. The van der Waals surface area contributed by atoms with E-state index in [9.17, 15) is 9.59 Å². The summed E-state index contributed by atoms with van der Waals surface area (Å²) in [7, 11) is 0. The Morgan fingerprint density at radius 3 is 2.56 bits per heavy atom. The van der Waals surface area contributed by atoms with Gasteiger partial charge in [0.15, 0.2) is 0 Å². The number of rotatable bonds is 9. The van der Waals surface area contributed by atoms with Crippen LogP contribution < -0.4 is 11.1 Å². The second-order valence-electron chi connectivity index (χ2n) is 4.03. The van der Waals surface area contributed by atoms with Gasteiger partial charge in [-0.15, -0.1) is 0 Å². The first-order valence-electron chi connectivity index (χ1n) is 6.46. The van der Waals surface area contributed by atoms with E-state index in [0.717, 1.165) is 19.3 Å². The van der Waals surface area contributed by atoms with Crippen molar-refractivity contribution in [3.8, 4) is 0 Å². The number of ether oxygens (including phenoxy) is 2. The summed E-state index contributed by atoms with van der Waals surface area (Å²) in [6.45, 7) is 4.81. The molecule has 0 bridgehead atoms. The van der Waals surface area contributed by atoms with Crippen LogP contribution in [0.5, 0.6) is 0 Å². The minimum Gasteiger partial charge on any atom is -0.450 e. The summed E-state index contributed by atoms with van der Waals surface area (Å²) in [6.07, 6.45) is 2.74. The van der Waals surface area contributed by atoms with Crippen molar-refractivity contribution in [2.24, 2.45) is 5.73 Å². The van der Waals surface area contributed by atoms with Gasteiger partial charge in [-0.25, -0.2) is 9.59 Å². The molecule has 6 nitrogen and oxygen atoms in total. The number of nitrogens with two attached hydrogens (primary N) is 1. The van der Waals surface area contributed by atoms with Crippen LogP contribution in [0.15, 0.2) is 0 Å². The molecule has 3 N–H and O–H groups in total. The van der Waals surface area contributed by atoms with Crippen molar-refractivity contribution in [3.63, 3.8) is 0 Å². The highest BCUT2D eigenvalue weighted by Crippen LogP contribution is 2.02. The number of nitrogens with one attached hydrogen (secondary N) is 1. The highest BCUT2D eigenvalue weighted by Gasteiger charge is 2.10. The minimum absolute atomic E-state index is 0.261. The number of hydrogen-bond donors (Lipinski definition) is 2. The molecule has 6 heteroatoms. The summed E-state index contributed by atoms with van der Waals surface area (Å²) in [5.41, 5.74) is 4.92. The van der Waals surface area contributed by atoms with Gasteiger partial charge in [0, 0.05) is 13.0 Å². The van der Waals surface area contributed by atoms with Gasteiger partial charge in [0.05, 0.1) is 6.61 Å². The summed E-state index contributed by atoms with van der Waals surface area (Å²) in [5, 5.41) is 2.60. The Labute approximate surface area is 108 Å². The van der Waals surface area contributed by atoms with E-state index in [1.807, 2.05) is 6.92 Å². The van der Waals surface area contributed by atoms with Crippen LogP contribution in [0, 0.1) is 0 Å². The Morgan fingerprint density at radius 1 is 1.28 bits per heavy atom. The second-order valence-corrected chi connectivity index (χ2v) is 4.03. The van der Waals surface area contributed by atoms with Crippen LogP contribution >= 0.6 is 0 Å². The normalized spacial score (nSPS) is 11.7. The first kappa shape index (κ1) is 16.5. The van der Waals surface area contributed by atoms with Gasteiger partial charge in [0.1, 0.15) is 6.10 Å². The monoisotopic (exact) mass is 260 g/mol. The standard InChI is InChI=1S/C12H24N2O4/c1-3-5-6-9-17-12(16)14-8-7-10(4-2)18-11(13)15/h10H,3-9H2,1-2H3,(H2,13,15)(H,14,16). The molecule has 0 aromatic carbocycles. The van der Waals surface area contributed by atoms with Crippen molar-refractivity contribution in [2.45, 2.75) is 52.1 Å². The van der Waals surface area contributed by atoms with Crippen LogP contribution in [-0.2, 0) is 9.47 Å². The SMILES string of the molecule is CCCCCOC(=O)NCCC(CC)OC(N)=O. The lowest BCUT2D eigenvalue weighted by atomic mass is 10.2. The van der Waals surface area contributed by atoms with E-state index >= 15 is 0 Å². The number of alkyl carbamates (subject to hydrolysis) is 1. The highest BCUT2D eigenvalue weighted by molar-refractivity contribution is 5.67. The molecule has 0 aromatic heterocycles. The Bertz CT molecular complexity index is 246. The maximum atomic E-state index is 11.2. The first-order valence-corrected chi connectivity index (χ1v) is 6.46. The van der Waals surface area contributed by atoms with Crippen molar-refractivity contribution < 1.29 is 19.1 Å². The van der Waals surface area contributed by atoms with Gasteiger partial charge in [-0.05, 0) is 12.8 Å². The van der Waals surface area contributed by atoms with Gasteiger partial charge < -0.3 is 20.5 Å². The third-order valence-electron chi connectivity index (χ3n) is 2.45. The Balaban J connectivity index is 3.56. The molecule has 0 saturated carbocycles. The quantitative estimate of drug-likeness (QED) is 0.621. The van der Waals surface area contributed by atoms with Crippen LogP contribution in [-0.4, -0.2) is 31.4 Å². The lowest BCUT2D eigenvalue weighted by Gasteiger charge is -2.14. The lowest BCUT2D eigenvalue weighted by molar-refractivity contribution is 0.0974. The number of hydrogen-bond acceptors (Lipinski definition) is 4. The van der Waals surface area contributed by atoms with E-state index in [2.05, 4.69) is 12.2 Å². The van der Waals surface area contributed by atoms with Gasteiger partial charge >= 0.3 is 12.2 Å². The fourth-order valence-corrected chi connectivity index (χ4v) is 1.41. The topological polar surface area (TPSA) is 90.7 Å². The molecule has 1 atom stereocenters. The molecule has 0 heterocycles. The predicted octanol–water partition coefficient (Wildman–Crippen LogP) is 2.17. The Kier molecular flexibility index (Phi) is 9.81. The van der Waals surface area contributed by atoms with E-state index in [-0.39, 0.29) is 6.10 Å². The maximum absolute atomic E-state index is 11.2. The average molecular weight is 260 g/mol. The van der Waals surface area contributed by atoms with Crippen molar-refractivity contribution in [1.29, 1.82) is 0 Å². The number of primary amides is 1. The average Bonchev–Trinajstić information content (AvgIpc) is 2.33. The Hall–Kier alpha value is -1.46. The minimum atomic E-state index is -0.788. The third kappa shape index (κ3) is 9.74. The van der Waals surface area contributed by atoms with E-state index < -0.39 is 12.2 Å². The Morgan fingerprint density at radius 2 is 2.00 bits per heavy atom. The van der Waals surface area contributed by atoms with Gasteiger partial charge in [-0.2, -0.15) is 0 Å². The van der Waals surface area contributed by atoms with Gasteiger partial charge in [0.25, 0.3) is 0 Å². The van der Waals surface area contributed by atoms with Gasteiger partial charge in [-0.1, -0.05) is 26.7 Å². The molecular weight excluding hydrogens is 236 g/mol.